The van der Waals surface area contributed by atoms with Gasteiger partial charge in [0.25, 0.3) is 0 Å². The van der Waals surface area contributed by atoms with E-state index in [0.29, 0.717) is 18.7 Å². The van der Waals surface area contributed by atoms with E-state index in [1.165, 1.54) is 12.1 Å². The van der Waals surface area contributed by atoms with E-state index in [1.807, 2.05) is 0 Å². The first-order chi connectivity index (χ1) is 8.63. The Labute approximate surface area is 106 Å². The summed E-state index contributed by atoms with van der Waals surface area (Å²) >= 11 is 0. The van der Waals surface area contributed by atoms with Crippen LogP contribution in [0.15, 0.2) is 24.3 Å². The highest BCUT2D eigenvalue weighted by atomic mass is 16.4. The largest absolute Gasteiger partial charge is 0.478 e. The molecule has 4 N–H and O–H groups in total. The number of unbranched alkanes of at least 4 members (excludes halogenated alkanes) is 2. The van der Waals surface area contributed by atoms with E-state index in [-0.39, 0.29) is 11.5 Å². The highest BCUT2D eigenvalue weighted by Crippen LogP contribution is 2.10. The summed E-state index contributed by atoms with van der Waals surface area (Å²) < 4.78 is 0. The summed E-state index contributed by atoms with van der Waals surface area (Å²) in [5, 5.41) is 11.4. The SMILES string of the molecule is NCCCCCC(=O)Nc1ccc(C(=O)O)cc1. The molecule has 1 rings (SSSR count). The number of carboxylic acids is 1. The lowest BCUT2D eigenvalue weighted by atomic mass is 10.1. The third-order valence-electron chi connectivity index (χ3n) is 2.52. The minimum Gasteiger partial charge on any atom is -0.478 e. The van der Waals surface area contributed by atoms with Gasteiger partial charge in [0.15, 0.2) is 0 Å². The average Bonchev–Trinajstić information content (AvgIpc) is 2.35. The number of carboxylic acid groups (broad SMARTS) is 1. The Morgan fingerprint density at radius 2 is 1.78 bits per heavy atom. The van der Waals surface area contributed by atoms with Crippen LogP contribution in [-0.4, -0.2) is 23.5 Å². The standard InChI is InChI=1S/C13H18N2O3/c14-9-3-1-2-4-12(16)15-11-7-5-10(6-8-11)13(17)18/h5-8H,1-4,9,14H2,(H,15,16)(H,17,18). The second-order valence-corrected chi connectivity index (χ2v) is 4.03. The van der Waals surface area contributed by atoms with Crippen molar-refractivity contribution in [2.75, 3.05) is 11.9 Å². The highest BCUT2D eigenvalue weighted by Gasteiger charge is 2.04. The van der Waals surface area contributed by atoms with Gasteiger partial charge in [0.05, 0.1) is 5.56 Å². The van der Waals surface area contributed by atoms with Gasteiger partial charge >= 0.3 is 5.97 Å². The maximum Gasteiger partial charge on any atom is 0.335 e. The van der Waals surface area contributed by atoms with Crippen molar-refractivity contribution in [1.82, 2.24) is 0 Å². The molecule has 0 aromatic heterocycles. The summed E-state index contributed by atoms with van der Waals surface area (Å²) in [6.07, 6.45) is 3.15. The molecule has 1 aromatic carbocycles. The molecule has 0 aliphatic rings. The molecule has 0 aliphatic heterocycles. The van der Waals surface area contributed by atoms with Crippen LogP contribution in [0.3, 0.4) is 0 Å². The van der Waals surface area contributed by atoms with Crippen molar-refractivity contribution in [1.29, 1.82) is 0 Å². The van der Waals surface area contributed by atoms with Gasteiger partial charge in [-0.25, -0.2) is 4.79 Å². The second kappa shape index (κ2) is 7.45. The maximum atomic E-state index is 11.5. The van der Waals surface area contributed by atoms with E-state index >= 15 is 0 Å². The Morgan fingerprint density at radius 3 is 2.33 bits per heavy atom. The van der Waals surface area contributed by atoms with Crippen LogP contribution < -0.4 is 11.1 Å². The smallest absolute Gasteiger partial charge is 0.335 e. The Balaban J connectivity index is 2.37. The molecule has 0 saturated heterocycles. The lowest BCUT2D eigenvalue weighted by molar-refractivity contribution is -0.116. The van der Waals surface area contributed by atoms with Crippen LogP contribution in [0.5, 0.6) is 0 Å². The molecule has 0 spiro atoms. The molecule has 1 aromatic rings. The van der Waals surface area contributed by atoms with Crippen molar-refractivity contribution >= 4 is 17.6 Å². The number of anilines is 1. The number of nitrogens with one attached hydrogen (secondary N) is 1. The van der Waals surface area contributed by atoms with Crippen LogP contribution in [0.1, 0.15) is 36.0 Å². The minimum atomic E-state index is -0.977. The molecule has 0 radical (unpaired) electrons. The van der Waals surface area contributed by atoms with Crippen LogP contribution in [0.25, 0.3) is 0 Å². The molecule has 18 heavy (non-hydrogen) atoms. The Morgan fingerprint density at radius 1 is 1.11 bits per heavy atom. The van der Waals surface area contributed by atoms with Gasteiger partial charge in [-0.05, 0) is 43.7 Å². The number of hydrogen-bond acceptors (Lipinski definition) is 3. The number of benzene rings is 1. The summed E-state index contributed by atoms with van der Waals surface area (Å²) in [6, 6.07) is 6.10. The van der Waals surface area contributed by atoms with E-state index in [0.717, 1.165) is 19.3 Å². The van der Waals surface area contributed by atoms with Gasteiger partial charge in [-0.15, -0.1) is 0 Å². The molecule has 0 aliphatic carbocycles. The van der Waals surface area contributed by atoms with E-state index in [1.54, 1.807) is 12.1 Å². The van der Waals surface area contributed by atoms with Crippen LogP contribution in [0.4, 0.5) is 5.69 Å². The number of hydrogen-bond donors (Lipinski definition) is 3. The van der Waals surface area contributed by atoms with Crippen molar-refractivity contribution < 1.29 is 14.7 Å². The number of nitrogens with two attached hydrogens (primary N) is 1. The summed E-state index contributed by atoms with van der Waals surface area (Å²) in [4.78, 5) is 22.2. The van der Waals surface area contributed by atoms with Gasteiger partial charge in [0, 0.05) is 12.1 Å². The van der Waals surface area contributed by atoms with Crippen LogP contribution in [0.2, 0.25) is 0 Å². The summed E-state index contributed by atoms with van der Waals surface area (Å²) in [5.74, 6) is -1.04. The van der Waals surface area contributed by atoms with Gasteiger partial charge in [-0.1, -0.05) is 6.42 Å². The average molecular weight is 250 g/mol. The zero-order chi connectivity index (χ0) is 13.4. The van der Waals surface area contributed by atoms with Crippen molar-refractivity contribution in [3.8, 4) is 0 Å². The Hall–Kier alpha value is -1.88. The molecule has 0 unspecified atom stereocenters. The fourth-order valence-electron chi connectivity index (χ4n) is 1.53. The molecule has 0 fully saturated rings. The first-order valence-corrected chi connectivity index (χ1v) is 5.97. The number of amides is 1. The lowest BCUT2D eigenvalue weighted by Crippen LogP contribution is -2.11. The summed E-state index contributed by atoms with van der Waals surface area (Å²) in [6.45, 7) is 0.651. The predicted molar refractivity (Wildman–Crippen MR) is 69.6 cm³/mol. The molecule has 5 nitrogen and oxygen atoms in total. The molecule has 0 saturated carbocycles. The number of carbonyl (C=O) groups excluding carboxylic acids is 1. The fraction of sp³-hybridized carbons (Fsp3) is 0.385. The van der Waals surface area contributed by atoms with E-state index in [2.05, 4.69) is 5.32 Å². The zero-order valence-electron chi connectivity index (χ0n) is 10.2. The van der Waals surface area contributed by atoms with Gasteiger partial charge in [0.1, 0.15) is 0 Å². The number of carbonyl (C=O) groups is 2. The molecular weight excluding hydrogens is 232 g/mol. The molecule has 0 atom stereocenters. The van der Waals surface area contributed by atoms with Crippen LogP contribution >= 0.6 is 0 Å². The first-order valence-electron chi connectivity index (χ1n) is 5.97. The first kappa shape index (κ1) is 14.2. The third-order valence-corrected chi connectivity index (χ3v) is 2.52. The van der Waals surface area contributed by atoms with Crippen LogP contribution in [0, 0.1) is 0 Å². The lowest BCUT2D eigenvalue weighted by Gasteiger charge is -2.05. The van der Waals surface area contributed by atoms with Gasteiger partial charge < -0.3 is 16.2 Å². The Bertz CT molecular complexity index is 401. The molecule has 0 heterocycles. The molecular formula is C13H18N2O3. The van der Waals surface area contributed by atoms with Gasteiger partial charge in [0.2, 0.25) is 5.91 Å². The monoisotopic (exact) mass is 250 g/mol. The predicted octanol–water partition coefficient (Wildman–Crippen LogP) is 1.84. The van der Waals surface area contributed by atoms with Crippen molar-refractivity contribution in [2.24, 2.45) is 5.73 Å². The molecule has 5 heteroatoms. The highest BCUT2D eigenvalue weighted by molar-refractivity contribution is 5.92. The van der Waals surface area contributed by atoms with Crippen LogP contribution in [-0.2, 0) is 4.79 Å². The second-order valence-electron chi connectivity index (χ2n) is 4.03. The number of rotatable bonds is 7. The molecule has 1 amide bonds. The normalized spacial score (nSPS) is 10.1. The molecule has 98 valence electrons. The topological polar surface area (TPSA) is 92.4 Å². The minimum absolute atomic E-state index is 0.0601. The third kappa shape index (κ3) is 4.97. The van der Waals surface area contributed by atoms with E-state index in [4.69, 9.17) is 10.8 Å². The number of aromatic carboxylic acids is 1. The van der Waals surface area contributed by atoms with Crippen molar-refractivity contribution in [3.63, 3.8) is 0 Å². The van der Waals surface area contributed by atoms with E-state index < -0.39 is 5.97 Å². The van der Waals surface area contributed by atoms with Gasteiger partial charge in [-0.2, -0.15) is 0 Å². The summed E-state index contributed by atoms with van der Waals surface area (Å²) in [5.41, 5.74) is 6.18. The maximum absolute atomic E-state index is 11.5. The Kier molecular flexibility index (Phi) is 5.87. The molecule has 0 bridgehead atoms. The van der Waals surface area contributed by atoms with E-state index in [9.17, 15) is 9.59 Å². The fourth-order valence-corrected chi connectivity index (χ4v) is 1.53. The van der Waals surface area contributed by atoms with Crippen molar-refractivity contribution in [3.05, 3.63) is 29.8 Å². The van der Waals surface area contributed by atoms with Crippen molar-refractivity contribution in [2.45, 2.75) is 25.7 Å². The quantitative estimate of drug-likeness (QED) is 0.644. The zero-order valence-corrected chi connectivity index (χ0v) is 10.2. The summed E-state index contributed by atoms with van der Waals surface area (Å²) in [7, 11) is 0. The van der Waals surface area contributed by atoms with Gasteiger partial charge in [-0.3, -0.25) is 4.79 Å².